The zero-order chi connectivity index (χ0) is 15.8. The van der Waals surface area contributed by atoms with E-state index in [9.17, 15) is 13.5 Å². The van der Waals surface area contributed by atoms with Crippen LogP contribution in [0.4, 0.5) is 0 Å². The molecule has 0 radical (unpaired) electrons. The summed E-state index contributed by atoms with van der Waals surface area (Å²) in [5.41, 5.74) is 0.762. The van der Waals surface area contributed by atoms with Gasteiger partial charge < -0.3 is 9.67 Å². The molecule has 2 heterocycles. The fraction of sp³-hybridized carbons (Fsp3) is 0.733. The van der Waals surface area contributed by atoms with Crippen molar-refractivity contribution >= 4 is 10.0 Å². The highest BCUT2D eigenvalue weighted by atomic mass is 32.2. The van der Waals surface area contributed by atoms with Crippen molar-refractivity contribution in [2.24, 2.45) is 11.3 Å². The van der Waals surface area contributed by atoms with Crippen LogP contribution in [0.2, 0.25) is 0 Å². The molecule has 21 heavy (non-hydrogen) atoms. The van der Waals surface area contributed by atoms with Gasteiger partial charge in [0.05, 0.1) is 6.61 Å². The molecule has 1 aliphatic heterocycles. The Morgan fingerprint density at radius 1 is 1.38 bits per heavy atom. The highest BCUT2D eigenvalue weighted by molar-refractivity contribution is 7.89. The Morgan fingerprint density at radius 2 is 2.05 bits per heavy atom. The molecule has 0 spiro atoms. The third kappa shape index (κ3) is 3.17. The first-order chi connectivity index (χ1) is 9.70. The first kappa shape index (κ1) is 16.5. The van der Waals surface area contributed by atoms with Crippen molar-refractivity contribution in [3.8, 4) is 0 Å². The molecule has 0 aromatic carbocycles. The molecular formula is C15H26N2O3S. The summed E-state index contributed by atoms with van der Waals surface area (Å²) in [6, 6.07) is 1.59. The molecule has 1 atom stereocenters. The van der Waals surface area contributed by atoms with Crippen LogP contribution in [-0.4, -0.2) is 35.5 Å². The number of hydrogen-bond donors (Lipinski definition) is 1. The lowest BCUT2D eigenvalue weighted by Crippen LogP contribution is -2.31. The molecule has 1 aromatic rings. The number of hydrogen-bond acceptors (Lipinski definition) is 3. The van der Waals surface area contributed by atoms with E-state index in [-0.39, 0.29) is 12.0 Å². The summed E-state index contributed by atoms with van der Waals surface area (Å²) in [5.74, 6) is 0.387. The van der Waals surface area contributed by atoms with E-state index in [1.807, 2.05) is 6.92 Å². The monoisotopic (exact) mass is 314 g/mol. The fourth-order valence-corrected chi connectivity index (χ4v) is 4.46. The predicted octanol–water partition coefficient (Wildman–Crippen LogP) is 2.06. The normalized spacial score (nSPS) is 21.1. The van der Waals surface area contributed by atoms with Gasteiger partial charge in [-0.3, -0.25) is 0 Å². The van der Waals surface area contributed by atoms with Crippen LogP contribution in [0.1, 0.15) is 39.8 Å². The summed E-state index contributed by atoms with van der Waals surface area (Å²) < 4.78 is 28.8. The molecule has 2 rings (SSSR count). The molecule has 120 valence electrons. The zero-order valence-corrected chi connectivity index (χ0v) is 14.2. The molecule has 1 unspecified atom stereocenters. The maximum Gasteiger partial charge on any atom is 0.244 e. The Balaban J connectivity index is 2.25. The van der Waals surface area contributed by atoms with Crippen LogP contribution in [0.25, 0.3) is 0 Å². The summed E-state index contributed by atoms with van der Waals surface area (Å²) in [5, 5.41) is 9.31. The number of aryl methyl sites for hydroxylation is 1. The molecule has 1 N–H and O–H groups in total. The number of aliphatic hydroxyl groups excluding tert-OH is 1. The number of aromatic nitrogens is 1. The Bertz CT molecular complexity index is 577. The van der Waals surface area contributed by atoms with E-state index in [0.717, 1.165) is 6.42 Å². The second-order valence-corrected chi connectivity index (χ2v) is 8.76. The molecule has 1 fully saturated rings. The number of nitrogens with zero attached hydrogens (tertiary/aromatic N) is 2. The quantitative estimate of drug-likeness (QED) is 0.925. The molecular weight excluding hydrogens is 288 g/mol. The molecule has 0 saturated carbocycles. The standard InChI is InChI=1S/C15H26N2O3S/c1-5-16-10-14(8-13(16)11-18)21(19,20)17-7-6-12(9-17)15(2,3)4/h8,10,12,18H,5-7,9,11H2,1-4H3. The maximum absolute atomic E-state index is 12.7. The van der Waals surface area contributed by atoms with Crippen LogP contribution < -0.4 is 0 Å². The average molecular weight is 314 g/mol. The van der Waals surface area contributed by atoms with Crippen molar-refractivity contribution in [3.05, 3.63) is 18.0 Å². The summed E-state index contributed by atoms with van der Waals surface area (Å²) >= 11 is 0. The third-order valence-corrected chi connectivity index (χ3v) is 6.31. The SMILES string of the molecule is CCn1cc(S(=O)(=O)N2CCC(C(C)(C)C)C2)cc1CO. The van der Waals surface area contributed by atoms with E-state index in [0.29, 0.717) is 36.1 Å². The molecule has 0 amide bonds. The van der Waals surface area contributed by atoms with Gasteiger partial charge in [0.25, 0.3) is 0 Å². The van der Waals surface area contributed by atoms with Crippen LogP contribution in [0.15, 0.2) is 17.2 Å². The first-order valence-corrected chi connectivity index (χ1v) is 8.94. The van der Waals surface area contributed by atoms with Crippen molar-refractivity contribution in [2.75, 3.05) is 13.1 Å². The van der Waals surface area contributed by atoms with Crippen LogP contribution in [0.3, 0.4) is 0 Å². The van der Waals surface area contributed by atoms with Gasteiger partial charge in [-0.05, 0) is 30.7 Å². The average Bonchev–Trinajstić information content (AvgIpc) is 3.04. The third-order valence-electron chi connectivity index (χ3n) is 4.48. The number of rotatable bonds is 4. The molecule has 6 heteroatoms. The van der Waals surface area contributed by atoms with Gasteiger partial charge in [-0.2, -0.15) is 4.31 Å². The highest BCUT2D eigenvalue weighted by Crippen LogP contribution is 2.36. The van der Waals surface area contributed by atoms with Crippen LogP contribution >= 0.6 is 0 Å². The molecule has 1 saturated heterocycles. The zero-order valence-electron chi connectivity index (χ0n) is 13.3. The minimum atomic E-state index is -3.45. The summed E-state index contributed by atoms with van der Waals surface area (Å²) in [6.45, 7) is 10.1. The Labute approximate surface area is 127 Å². The van der Waals surface area contributed by atoms with E-state index in [4.69, 9.17) is 0 Å². The Hall–Kier alpha value is -0.850. The van der Waals surface area contributed by atoms with Gasteiger partial charge in [0, 0.05) is 31.5 Å². The molecule has 5 nitrogen and oxygen atoms in total. The lowest BCUT2D eigenvalue weighted by Gasteiger charge is -2.26. The molecule has 1 aliphatic rings. The molecule has 0 bridgehead atoms. The minimum absolute atomic E-state index is 0.121. The minimum Gasteiger partial charge on any atom is -0.390 e. The van der Waals surface area contributed by atoms with Gasteiger partial charge in [0.15, 0.2) is 0 Å². The van der Waals surface area contributed by atoms with Gasteiger partial charge in [-0.1, -0.05) is 20.8 Å². The van der Waals surface area contributed by atoms with Crippen LogP contribution in [0.5, 0.6) is 0 Å². The number of aliphatic hydroxyl groups is 1. The first-order valence-electron chi connectivity index (χ1n) is 7.50. The van der Waals surface area contributed by atoms with E-state index in [1.165, 1.54) is 0 Å². The van der Waals surface area contributed by atoms with Gasteiger partial charge in [0.1, 0.15) is 4.90 Å². The maximum atomic E-state index is 12.7. The molecule has 0 aliphatic carbocycles. The predicted molar refractivity (Wildman–Crippen MR) is 82.3 cm³/mol. The van der Waals surface area contributed by atoms with Crippen molar-refractivity contribution in [3.63, 3.8) is 0 Å². The van der Waals surface area contributed by atoms with E-state index < -0.39 is 10.0 Å². The Morgan fingerprint density at radius 3 is 2.48 bits per heavy atom. The molecule has 1 aromatic heterocycles. The van der Waals surface area contributed by atoms with Crippen molar-refractivity contribution in [1.82, 2.24) is 8.87 Å². The van der Waals surface area contributed by atoms with Gasteiger partial charge in [-0.15, -0.1) is 0 Å². The largest absolute Gasteiger partial charge is 0.390 e. The second kappa shape index (κ2) is 5.74. The van der Waals surface area contributed by atoms with Gasteiger partial charge >= 0.3 is 0 Å². The lowest BCUT2D eigenvalue weighted by atomic mass is 9.80. The Kier molecular flexibility index (Phi) is 4.52. The van der Waals surface area contributed by atoms with Crippen molar-refractivity contribution < 1.29 is 13.5 Å². The highest BCUT2D eigenvalue weighted by Gasteiger charge is 2.38. The van der Waals surface area contributed by atoms with E-state index in [1.54, 1.807) is 21.1 Å². The number of sulfonamides is 1. The van der Waals surface area contributed by atoms with E-state index >= 15 is 0 Å². The summed E-state index contributed by atoms with van der Waals surface area (Å²) in [7, 11) is -3.45. The fourth-order valence-electron chi connectivity index (χ4n) is 2.90. The topological polar surface area (TPSA) is 62.5 Å². The van der Waals surface area contributed by atoms with Gasteiger partial charge in [0.2, 0.25) is 10.0 Å². The smallest absolute Gasteiger partial charge is 0.244 e. The van der Waals surface area contributed by atoms with Crippen LogP contribution in [0, 0.1) is 11.3 Å². The summed E-state index contributed by atoms with van der Waals surface area (Å²) in [4.78, 5) is 0.294. The van der Waals surface area contributed by atoms with Crippen molar-refractivity contribution in [1.29, 1.82) is 0 Å². The second-order valence-electron chi connectivity index (χ2n) is 6.83. The van der Waals surface area contributed by atoms with Crippen LogP contribution in [-0.2, 0) is 23.2 Å². The lowest BCUT2D eigenvalue weighted by molar-refractivity contribution is 0.252. The van der Waals surface area contributed by atoms with Gasteiger partial charge in [-0.25, -0.2) is 8.42 Å². The summed E-state index contributed by atoms with van der Waals surface area (Å²) in [6.07, 6.45) is 2.54. The van der Waals surface area contributed by atoms with E-state index in [2.05, 4.69) is 20.8 Å². The van der Waals surface area contributed by atoms with Crippen molar-refractivity contribution in [2.45, 2.75) is 52.2 Å².